The van der Waals surface area contributed by atoms with Crippen LogP contribution < -0.4 is 5.32 Å². The molecule has 0 saturated carbocycles. The van der Waals surface area contributed by atoms with E-state index in [-0.39, 0.29) is 0 Å². The molecule has 2 aromatic rings. The summed E-state index contributed by atoms with van der Waals surface area (Å²) in [5.41, 5.74) is 4.15. The highest BCUT2D eigenvalue weighted by molar-refractivity contribution is 5.28. The molecule has 1 N–H and O–H groups in total. The molecular formula is C16H19N. The van der Waals surface area contributed by atoms with Gasteiger partial charge in [0.25, 0.3) is 0 Å². The Labute approximate surface area is 103 Å². The molecule has 17 heavy (non-hydrogen) atoms. The van der Waals surface area contributed by atoms with Crippen molar-refractivity contribution in [1.29, 1.82) is 0 Å². The lowest BCUT2D eigenvalue weighted by molar-refractivity contribution is 0.791. The third kappa shape index (κ3) is 3.72. The number of likely N-dealkylation sites (N-methyl/N-ethyl adjacent to an activating group) is 1. The molecule has 1 nitrogen and oxygen atoms in total. The van der Waals surface area contributed by atoms with Crippen molar-refractivity contribution in [2.45, 2.75) is 12.8 Å². The molecule has 88 valence electrons. The van der Waals surface area contributed by atoms with Gasteiger partial charge < -0.3 is 5.32 Å². The molecule has 1 heteroatoms. The van der Waals surface area contributed by atoms with E-state index in [1.54, 1.807) is 0 Å². The minimum atomic E-state index is 1.02. The Hall–Kier alpha value is -1.60. The summed E-state index contributed by atoms with van der Waals surface area (Å²) in [6, 6.07) is 19.5. The second kappa shape index (κ2) is 6.21. The maximum absolute atomic E-state index is 3.17. The van der Waals surface area contributed by atoms with Gasteiger partial charge in [0.1, 0.15) is 0 Å². The van der Waals surface area contributed by atoms with Crippen LogP contribution in [0.3, 0.4) is 0 Å². The van der Waals surface area contributed by atoms with Gasteiger partial charge in [-0.25, -0.2) is 0 Å². The first-order chi connectivity index (χ1) is 8.38. The standard InChI is InChI=1S/C16H19N/c1-17-12-11-14-7-9-16(10-8-14)13-15-5-3-2-4-6-15/h2-10,17H,11-13H2,1H3. The van der Waals surface area contributed by atoms with Crippen molar-refractivity contribution in [2.75, 3.05) is 13.6 Å². The van der Waals surface area contributed by atoms with Crippen LogP contribution in [-0.2, 0) is 12.8 Å². The van der Waals surface area contributed by atoms with Crippen LogP contribution in [0.4, 0.5) is 0 Å². The van der Waals surface area contributed by atoms with Gasteiger partial charge in [-0.3, -0.25) is 0 Å². The molecule has 2 rings (SSSR count). The third-order valence-electron chi connectivity index (χ3n) is 2.94. The van der Waals surface area contributed by atoms with Crippen LogP contribution in [0.2, 0.25) is 0 Å². The quantitative estimate of drug-likeness (QED) is 0.824. The molecule has 0 heterocycles. The van der Waals surface area contributed by atoms with Gasteiger partial charge in [-0.1, -0.05) is 54.6 Å². The van der Waals surface area contributed by atoms with Gasteiger partial charge in [0.15, 0.2) is 0 Å². The van der Waals surface area contributed by atoms with Gasteiger partial charge in [-0.05, 0) is 43.1 Å². The van der Waals surface area contributed by atoms with E-state index in [0.717, 1.165) is 19.4 Å². The topological polar surface area (TPSA) is 12.0 Å². The van der Waals surface area contributed by atoms with Gasteiger partial charge in [-0.15, -0.1) is 0 Å². The van der Waals surface area contributed by atoms with E-state index < -0.39 is 0 Å². The number of rotatable bonds is 5. The first-order valence-electron chi connectivity index (χ1n) is 6.15. The zero-order valence-corrected chi connectivity index (χ0v) is 10.3. The Morgan fingerprint density at radius 1 is 0.765 bits per heavy atom. The Bertz CT molecular complexity index is 431. The molecule has 0 atom stereocenters. The van der Waals surface area contributed by atoms with Crippen LogP contribution in [0.5, 0.6) is 0 Å². The summed E-state index contributed by atoms with van der Waals surface area (Å²) >= 11 is 0. The molecule has 0 saturated heterocycles. The monoisotopic (exact) mass is 225 g/mol. The maximum atomic E-state index is 3.17. The van der Waals surface area contributed by atoms with Crippen LogP contribution in [-0.4, -0.2) is 13.6 Å². The normalized spacial score (nSPS) is 10.4. The van der Waals surface area contributed by atoms with Crippen LogP contribution in [0.25, 0.3) is 0 Å². The van der Waals surface area contributed by atoms with E-state index >= 15 is 0 Å². The lowest BCUT2D eigenvalue weighted by Crippen LogP contribution is -2.10. The second-order valence-electron chi connectivity index (χ2n) is 4.33. The van der Waals surface area contributed by atoms with Gasteiger partial charge in [0.05, 0.1) is 0 Å². The lowest BCUT2D eigenvalue weighted by Gasteiger charge is -2.04. The molecule has 0 amide bonds. The Balaban J connectivity index is 1.98. The summed E-state index contributed by atoms with van der Waals surface area (Å²) < 4.78 is 0. The van der Waals surface area contributed by atoms with Crippen molar-refractivity contribution < 1.29 is 0 Å². The molecule has 0 aliphatic carbocycles. The van der Waals surface area contributed by atoms with E-state index in [4.69, 9.17) is 0 Å². The van der Waals surface area contributed by atoms with Crippen molar-refractivity contribution in [3.05, 3.63) is 71.3 Å². The van der Waals surface area contributed by atoms with E-state index in [0.29, 0.717) is 0 Å². The molecule has 2 aromatic carbocycles. The third-order valence-corrected chi connectivity index (χ3v) is 2.94. The molecule has 0 radical (unpaired) electrons. The largest absolute Gasteiger partial charge is 0.319 e. The second-order valence-corrected chi connectivity index (χ2v) is 4.33. The van der Waals surface area contributed by atoms with Crippen molar-refractivity contribution in [1.82, 2.24) is 5.32 Å². The summed E-state index contributed by atoms with van der Waals surface area (Å²) in [4.78, 5) is 0. The predicted molar refractivity (Wildman–Crippen MR) is 73.3 cm³/mol. The molecule has 0 aliphatic heterocycles. The maximum Gasteiger partial charge on any atom is -0.00114 e. The van der Waals surface area contributed by atoms with E-state index in [2.05, 4.69) is 59.9 Å². The Kier molecular flexibility index (Phi) is 4.34. The summed E-state index contributed by atoms with van der Waals surface area (Å²) in [5, 5.41) is 3.17. The molecule has 0 unspecified atom stereocenters. The van der Waals surface area contributed by atoms with Crippen LogP contribution >= 0.6 is 0 Å². The smallest absolute Gasteiger partial charge is 0.00114 e. The van der Waals surface area contributed by atoms with Gasteiger partial charge in [-0.2, -0.15) is 0 Å². The number of hydrogen-bond acceptors (Lipinski definition) is 1. The lowest BCUT2D eigenvalue weighted by atomic mass is 10.0. The Morgan fingerprint density at radius 2 is 1.35 bits per heavy atom. The van der Waals surface area contributed by atoms with Crippen LogP contribution in [0.15, 0.2) is 54.6 Å². The van der Waals surface area contributed by atoms with Crippen molar-refractivity contribution in [3.63, 3.8) is 0 Å². The summed E-state index contributed by atoms with van der Waals surface area (Å²) in [6.45, 7) is 1.04. The van der Waals surface area contributed by atoms with Gasteiger partial charge in [0.2, 0.25) is 0 Å². The van der Waals surface area contributed by atoms with Gasteiger partial charge >= 0.3 is 0 Å². The van der Waals surface area contributed by atoms with E-state index in [1.807, 2.05) is 7.05 Å². The van der Waals surface area contributed by atoms with Gasteiger partial charge in [0, 0.05) is 0 Å². The summed E-state index contributed by atoms with van der Waals surface area (Å²) in [5.74, 6) is 0. The zero-order chi connectivity index (χ0) is 11.9. The highest BCUT2D eigenvalue weighted by atomic mass is 14.8. The fourth-order valence-electron chi connectivity index (χ4n) is 1.92. The van der Waals surface area contributed by atoms with Crippen LogP contribution in [0, 0.1) is 0 Å². The van der Waals surface area contributed by atoms with E-state index in [9.17, 15) is 0 Å². The number of nitrogens with one attached hydrogen (secondary N) is 1. The molecule has 0 bridgehead atoms. The number of hydrogen-bond donors (Lipinski definition) is 1. The predicted octanol–water partition coefficient (Wildman–Crippen LogP) is 3.04. The first kappa shape index (κ1) is 11.9. The van der Waals surface area contributed by atoms with Crippen molar-refractivity contribution in [3.8, 4) is 0 Å². The van der Waals surface area contributed by atoms with E-state index in [1.165, 1.54) is 16.7 Å². The van der Waals surface area contributed by atoms with Crippen molar-refractivity contribution >= 4 is 0 Å². The highest BCUT2D eigenvalue weighted by Crippen LogP contribution is 2.10. The van der Waals surface area contributed by atoms with Crippen LogP contribution in [0.1, 0.15) is 16.7 Å². The zero-order valence-electron chi connectivity index (χ0n) is 10.3. The molecular weight excluding hydrogens is 206 g/mol. The molecule has 0 fully saturated rings. The molecule has 0 aliphatic rings. The van der Waals surface area contributed by atoms with Crippen molar-refractivity contribution in [2.24, 2.45) is 0 Å². The highest BCUT2D eigenvalue weighted by Gasteiger charge is 1.96. The number of benzene rings is 2. The summed E-state index contributed by atoms with van der Waals surface area (Å²) in [6.07, 6.45) is 2.12. The minimum Gasteiger partial charge on any atom is -0.319 e. The fourth-order valence-corrected chi connectivity index (χ4v) is 1.92. The average Bonchev–Trinajstić information content (AvgIpc) is 2.39. The molecule has 0 aromatic heterocycles. The SMILES string of the molecule is CNCCc1ccc(Cc2ccccc2)cc1. The summed E-state index contributed by atoms with van der Waals surface area (Å²) in [7, 11) is 1.99. The first-order valence-corrected chi connectivity index (χ1v) is 6.15. The fraction of sp³-hybridized carbons (Fsp3) is 0.250. The Morgan fingerprint density at radius 3 is 2.00 bits per heavy atom. The molecule has 0 spiro atoms. The average molecular weight is 225 g/mol. The minimum absolute atomic E-state index is 1.02.